The minimum atomic E-state index is 0.707. The molecule has 0 saturated heterocycles. The first-order valence-electron chi connectivity index (χ1n) is 14.8. The number of fused-ring (bicyclic) bond motifs is 3. The summed E-state index contributed by atoms with van der Waals surface area (Å²) >= 11 is 0. The molecule has 3 aromatic heterocycles. The van der Waals surface area contributed by atoms with Crippen LogP contribution in [0.5, 0.6) is 0 Å². The van der Waals surface area contributed by atoms with Crippen LogP contribution < -0.4 is 0 Å². The second-order valence-corrected chi connectivity index (χ2v) is 11.0. The van der Waals surface area contributed by atoms with Gasteiger partial charge < -0.3 is 4.57 Å². The summed E-state index contributed by atoms with van der Waals surface area (Å²) < 4.78 is 2.33. The molecular formula is C40H28N4. The summed E-state index contributed by atoms with van der Waals surface area (Å²) in [7, 11) is 0. The van der Waals surface area contributed by atoms with Crippen LogP contribution in [0.15, 0.2) is 152 Å². The minimum absolute atomic E-state index is 0.707. The maximum atomic E-state index is 5.04. The van der Waals surface area contributed by atoms with Crippen LogP contribution in [-0.4, -0.2) is 19.5 Å². The summed E-state index contributed by atoms with van der Waals surface area (Å²) in [6, 6.07) is 48.8. The summed E-state index contributed by atoms with van der Waals surface area (Å²) in [5.41, 5.74) is 11.9. The summed E-state index contributed by atoms with van der Waals surface area (Å²) in [5.74, 6) is 0.707. The normalized spacial score (nSPS) is 11.3. The maximum Gasteiger partial charge on any atom is 0.160 e. The molecule has 3 heterocycles. The second kappa shape index (κ2) is 10.8. The van der Waals surface area contributed by atoms with Gasteiger partial charge in [-0.3, -0.25) is 4.98 Å². The van der Waals surface area contributed by atoms with Crippen molar-refractivity contribution in [3.05, 3.63) is 157 Å². The topological polar surface area (TPSA) is 43.6 Å². The molecule has 0 spiro atoms. The minimum Gasteiger partial charge on any atom is -0.309 e. The highest BCUT2D eigenvalue weighted by molar-refractivity contribution is 6.09. The molecule has 8 rings (SSSR count). The zero-order valence-corrected chi connectivity index (χ0v) is 24.2. The molecule has 0 N–H and O–H groups in total. The predicted octanol–water partition coefficient (Wildman–Crippen LogP) is 9.95. The Hall–Kier alpha value is -5.87. The molecule has 0 aliphatic carbocycles. The number of nitrogens with zero attached hydrogens (tertiary/aromatic N) is 4. The van der Waals surface area contributed by atoms with Crippen molar-refractivity contribution >= 4 is 21.8 Å². The number of aromatic nitrogens is 4. The highest BCUT2D eigenvalue weighted by atomic mass is 15.0. The third-order valence-corrected chi connectivity index (χ3v) is 8.27. The first-order chi connectivity index (χ1) is 21.7. The van der Waals surface area contributed by atoms with Crippen molar-refractivity contribution in [1.82, 2.24) is 19.5 Å². The SMILES string of the molecule is Cc1cnccc1-c1ccc(-c2cc(-c3ccc(-n4c5ccccc5c5ccccc54)cc3)nc(-c3ccccc3)n2)cc1. The Bertz CT molecular complexity index is 2210. The van der Waals surface area contributed by atoms with Crippen LogP contribution >= 0.6 is 0 Å². The molecule has 4 heteroatoms. The number of para-hydroxylation sites is 2. The van der Waals surface area contributed by atoms with Gasteiger partial charge in [0, 0.05) is 45.5 Å². The molecule has 44 heavy (non-hydrogen) atoms. The quantitative estimate of drug-likeness (QED) is 0.209. The predicted molar refractivity (Wildman–Crippen MR) is 181 cm³/mol. The molecule has 0 aliphatic rings. The van der Waals surface area contributed by atoms with E-state index in [0.717, 1.165) is 44.9 Å². The Labute approximate surface area is 256 Å². The van der Waals surface area contributed by atoms with Crippen molar-refractivity contribution in [3.8, 4) is 50.7 Å². The zero-order chi connectivity index (χ0) is 29.5. The Balaban J connectivity index is 1.22. The number of pyridine rings is 1. The summed E-state index contributed by atoms with van der Waals surface area (Å²) in [6.07, 6.45) is 3.74. The van der Waals surface area contributed by atoms with Crippen molar-refractivity contribution in [2.75, 3.05) is 0 Å². The number of hydrogen-bond acceptors (Lipinski definition) is 3. The molecule has 0 amide bonds. The lowest BCUT2D eigenvalue weighted by atomic mass is 10.00. The Morgan fingerprint density at radius 3 is 1.66 bits per heavy atom. The summed E-state index contributed by atoms with van der Waals surface area (Å²) in [5, 5.41) is 2.51. The molecule has 208 valence electrons. The monoisotopic (exact) mass is 564 g/mol. The van der Waals surface area contributed by atoms with Crippen LogP contribution in [0, 0.1) is 6.92 Å². The smallest absolute Gasteiger partial charge is 0.160 e. The van der Waals surface area contributed by atoms with Gasteiger partial charge in [-0.25, -0.2) is 9.97 Å². The second-order valence-electron chi connectivity index (χ2n) is 11.0. The van der Waals surface area contributed by atoms with E-state index < -0.39 is 0 Å². The van der Waals surface area contributed by atoms with Crippen molar-refractivity contribution in [2.45, 2.75) is 6.92 Å². The fourth-order valence-corrected chi connectivity index (χ4v) is 6.06. The van der Waals surface area contributed by atoms with Crippen LogP contribution in [-0.2, 0) is 0 Å². The fourth-order valence-electron chi connectivity index (χ4n) is 6.06. The maximum absolute atomic E-state index is 5.04. The van der Waals surface area contributed by atoms with Gasteiger partial charge in [-0.2, -0.15) is 0 Å². The molecule has 8 aromatic rings. The van der Waals surface area contributed by atoms with Gasteiger partial charge in [0.05, 0.1) is 22.4 Å². The van der Waals surface area contributed by atoms with Crippen LogP contribution in [0.1, 0.15) is 5.56 Å². The van der Waals surface area contributed by atoms with Gasteiger partial charge in [-0.05, 0) is 60.0 Å². The molecule has 4 nitrogen and oxygen atoms in total. The lowest BCUT2D eigenvalue weighted by Gasteiger charge is -2.12. The van der Waals surface area contributed by atoms with E-state index in [1.807, 2.05) is 30.6 Å². The Morgan fingerprint density at radius 2 is 1.05 bits per heavy atom. The highest BCUT2D eigenvalue weighted by Gasteiger charge is 2.14. The Kier molecular flexibility index (Phi) is 6.31. The van der Waals surface area contributed by atoms with E-state index in [9.17, 15) is 0 Å². The largest absolute Gasteiger partial charge is 0.309 e. The standard InChI is InChI=1S/C40H28N4/c1-27-26-41-24-23-33(27)28-15-17-29(18-16-28)36-25-37(43-40(42-36)31-9-3-2-4-10-31)30-19-21-32(22-20-30)44-38-13-7-5-11-34(38)35-12-6-8-14-39(35)44/h2-26H,1H3. The lowest BCUT2D eigenvalue weighted by molar-refractivity contribution is 1.17. The number of aryl methyl sites for hydroxylation is 1. The lowest BCUT2D eigenvalue weighted by Crippen LogP contribution is -1.97. The molecule has 5 aromatic carbocycles. The summed E-state index contributed by atoms with van der Waals surface area (Å²) in [4.78, 5) is 14.3. The van der Waals surface area contributed by atoms with Gasteiger partial charge in [0.15, 0.2) is 5.82 Å². The van der Waals surface area contributed by atoms with Crippen molar-refractivity contribution in [1.29, 1.82) is 0 Å². The van der Waals surface area contributed by atoms with E-state index in [0.29, 0.717) is 5.82 Å². The first-order valence-corrected chi connectivity index (χ1v) is 14.8. The molecule has 0 saturated carbocycles. The third-order valence-electron chi connectivity index (χ3n) is 8.27. The molecule has 0 atom stereocenters. The van der Waals surface area contributed by atoms with Gasteiger partial charge in [-0.15, -0.1) is 0 Å². The molecule has 0 radical (unpaired) electrons. The average molecular weight is 565 g/mol. The van der Waals surface area contributed by atoms with Crippen LogP contribution in [0.3, 0.4) is 0 Å². The first kappa shape index (κ1) is 25.8. The average Bonchev–Trinajstić information content (AvgIpc) is 3.43. The van der Waals surface area contributed by atoms with E-state index in [4.69, 9.17) is 9.97 Å². The molecule has 0 unspecified atom stereocenters. The van der Waals surface area contributed by atoms with Gasteiger partial charge >= 0.3 is 0 Å². The fraction of sp³-hybridized carbons (Fsp3) is 0.0250. The van der Waals surface area contributed by atoms with Crippen molar-refractivity contribution < 1.29 is 0 Å². The van der Waals surface area contributed by atoms with Crippen LogP contribution in [0.2, 0.25) is 0 Å². The highest BCUT2D eigenvalue weighted by Crippen LogP contribution is 2.34. The van der Waals surface area contributed by atoms with Gasteiger partial charge in [0.1, 0.15) is 0 Å². The van der Waals surface area contributed by atoms with Crippen LogP contribution in [0.25, 0.3) is 72.5 Å². The molecule has 0 aliphatic heterocycles. The zero-order valence-electron chi connectivity index (χ0n) is 24.2. The van der Waals surface area contributed by atoms with E-state index >= 15 is 0 Å². The van der Waals surface area contributed by atoms with Gasteiger partial charge in [0.25, 0.3) is 0 Å². The van der Waals surface area contributed by atoms with Crippen LogP contribution in [0.4, 0.5) is 0 Å². The van der Waals surface area contributed by atoms with E-state index in [1.54, 1.807) is 0 Å². The van der Waals surface area contributed by atoms with E-state index in [1.165, 1.54) is 27.4 Å². The van der Waals surface area contributed by atoms with E-state index in [2.05, 4.69) is 138 Å². The summed E-state index contributed by atoms with van der Waals surface area (Å²) in [6.45, 7) is 2.09. The molecular weight excluding hydrogens is 536 g/mol. The number of hydrogen-bond donors (Lipinski definition) is 0. The van der Waals surface area contributed by atoms with Gasteiger partial charge in [0.2, 0.25) is 0 Å². The van der Waals surface area contributed by atoms with Crippen molar-refractivity contribution in [2.24, 2.45) is 0 Å². The molecule has 0 bridgehead atoms. The van der Waals surface area contributed by atoms with Gasteiger partial charge in [-0.1, -0.05) is 103 Å². The number of rotatable bonds is 5. The Morgan fingerprint density at radius 1 is 0.500 bits per heavy atom. The third kappa shape index (κ3) is 4.54. The van der Waals surface area contributed by atoms with E-state index in [-0.39, 0.29) is 0 Å². The van der Waals surface area contributed by atoms with Crippen molar-refractivity contribution in [3.63, 3.8) is 0 Å². The number of benzene rings is 5. The molecule has 0 fully saturated rings.